The lowest BCUT2D eigenvalue weighted by molar-refractivity contribution is 0.497. The standard InChI is InChI=1S/C12H22/c1-4-5-6-7-11-9-12(11)8-10(2)3/h4,10-12H,1,5-9H2,2-3H3. The van der Waals surface area contributed by atoms with E-state index in [1.807, 2.05) is 6.08 Å². The molecule has 1 fully saturated rings. The minimum absolute atomic E-state index is 0.902. The maximum absolute atomic E-state index is 3.75. The lowest BCUT2D eigenvalue weighted by Crippen LogP contribution is -1.91. The molecule has 0 radical (unpaired) electrons. The highest BCUT2D eigenvalue weighted by molar-refractivity contribution is 4.87. The average Bonchev–Trinajstić information content (AvgIpc) is 2.67. The summed E-state index contributed by atoms with van der Waals surface area (Å²) in [6.45, 7) is 8.41. The first-order chi connectivity index (χ1) is 5.74. The van der Waals surface area contributed by atoms with Gasteiger partial charge >= 0.3 is 0 Å². The summed E-state index contributed by atoms with van der Waals surface area (Å²) >= 11 is 0. The van der Waals surface area contributed by atoms with Gasteiger partial charge in [-0.3, -0.25) is 0 Å². The van der Waals surface area contributed by atoms with Crippen molar-refractivity contribution in [1.29, 1.82) is 0 Å². The molecular formula is C12H22. The van der Waals surface area contributed by atoms with E-state index in [0.717, 1.165) is 17.8 Å². The molecule has 0 bridgehead atoms. The number of rotatable bonds is 6. The second-order valence-corrected chi connectivity index (χ2v) is 4.60. The van der Waals surface area contributed by atoms with Gasteiger partial charge in [-0.25, -0.2) is 0 Å². The molecule has 2 atom stereocenters. The van der Waals surface area contributed by atoms with Crippen LogP contribution in [0.4, 0.5) is 0 Å². The van der Waals surface area contributed by atoms with Crippen molar-refractivity contribution in [1.82, 2.24) is 0 Å². The maximum atomic E-state index is 3.75. The van der Waals surface area contributed by atoms with Gasteiger partial charge in [0.2, 0.25) is 0 Å². The van der Waals surface area contributed by atoms with E-state index in [4.69, 9.17) is 0 Å². The van der Waals surface area contributed by atoms with Crippen LogP contribution in [0.25, 0.3) is 0 Å². The molecular weight excluding hydrogens is 144 g/mol. The molecule has 0 amide bonds. The first-order valence-corrected chi connectivity index (χ1v) is 5.35. The Kier molecular flexibility index (Phi) is 3.84. The summed E-state index contributed by atoms with van der Waals surface area (Å²) in [4.78, 5) is 0. The third-order valence-corrected chi connectivity index (χ3v) is 2.83. The van der Waals surface area contributed by atoms with Crippen LogP contribution in [0, 0.1) is 17.8 Å². The molecule has 0 aromatic rings. The summed E-state index contributed by atoms with van der Waals surface area (Å²) in [5.41, 5.74) is 0. The molecule has 0 N–H and O–H groups in total. The Morgan fingerprint density at radius 1 is 1.42 bits per heavy atom. The molecule has 12 heavy (non-hydrogen) atoms. The van der Waals surface area contributed by atoms with Gasteiger partial charge in [-0.2, -0.15) is 0 Å². The smallest absolute Gasteiger partial charge is 0.0353 e. The van der Waals surface area contributed by atoms with Crippen LogP contribution in [0.3, 0.4) is 0 Å². The van der Waals surface area contributed by atoms with Crippen LogP contribution in [0.15, 0.2) is 12.7 Å². The van der Waals surface area contributed by atoms with Crippen molar-refractivity contribution in [2.45, 2.75) is 46.0 Å². The minimum Gasteiger partial charge on any atom is -0.103 e. The molecule has 1 aliphatic carbocycles. The van der Waals surface area contributed by atoms with Crippen molar-refractivity contribution in [3.8, 4) is 0 Å². The molecule has 0 heterocycles. The third kappa shape index (κ3) is 3.42. The van der Waals surface area contributed by atoms with Gasteiger partial charge < -0.3 is 0 Å². The minimum atomic E-state index is 0.902. The predicted octanol–water partition coefficient (Wildman–Crippen LogP) is 4.02. The van der Waals surface area contributed by atoms with Crippen LogP contribution in [0.2, 0.25) is 0 Å². The Morgan fingerprint density at radius 3 is 2.75 bits per heavy atom. The number of hydrogen-bond donors (Lipinski definition) is 0. The zero-order valence-electron chi connectivity index (χ0n) is 8.55. The van der Waals surface area contributed by atoms with Gasteiger partial charge in [-0.1, -0.05) is 19.9 Å². The van der Waals surface area contributed by atoms with Crippen LogP contribution >= 0.6 is 0 Å². The molecule has 0 heteroatoms. The largest absolute Gasteiger partial charge is 0.103 e. The van der Waals surface area contributed by atoms with Crippen molar-refractivity contribution in [2.75, 3.05) is 0 Å². The first-order valence-electron chi connectivity index (χ1n) is 5.35. The summed E-state index contributed by atoms with van der Waals surface area (Å²) in [7, 11) is 0. The van der Waals surface area contributed by atoms with E-state index in [1.165, 1.54) is 32.1 Å². The van der Waals surface area contributed by atoms with Gasteiger partial charge in [0.15, 0.2) is 0 Å². The van der Waals surface area contributed by atoms with Gasteiger partial charge in [-0.05, 0) is 49.9 Å². The highest BCUT2D eigenvalue weighted by Gasteiger charge is 2.35. The molecule has 70 valence electrons. The van der Waals surface area contributed by atoms with Crippen molar-refractivity contribution >= 4 is 0 Å². The Hall–Kier alpha value is -0.260. The molecule has 0 aromatic heterocycles. The van der Waals surface area contributed by atoms with Crippen molar-refractivity contribution in [3.63, 3.8) is 0 Å². The third-order valence-electron chi connectivity index (χ3n) is 2.83. The fraction of sp³-hybridized carbons (Fsp3) is 0.833. The topological polar surface area (TPSA) is 0 Å². The SMILES string of the molecule is C=CCCCC1CC1CC(C)C. The van der Waals surface area contributed by atoms with Gasteiger partial charge in [0, 0.05) is 0 Å². The molecule has 0 aromatic carbocycles. The zero-order chi connectivity index (χ0) is 8.97. The Morgan fingerprint density at radius 2 is 2.17 bits per heavy atom. The summed E-state index contributed by atoms with van der Waals surface area (Å²) in [6.07, 6.45) is 9.03. The molecule has 0 saturated heterocycles. The summed E-state index contributed by atoms with van der Waals surface area (Å²) < 4.78 is 0. The van der Waals surface area contributed by atoms with Gasteiger partial charge in [-0.15, -0.1) is 6.58 Å². The van der Waals surface area contributed by atoms with Crippen LogP contribution < -0.4 is 0 Å². The summed E-state index contributed by atoms with van der Waals surface area (Å²) in [5.74, 6) is 3.06. The summed E-state index contributed by atoms with van der Waals surface area (Å²) in [5, 5.41) is 0. The lowest BCUT2D eigenvalue weighted by atomic mass is 10.0. The van der Waals surface area contributed by atoms with Gasteiger partial charge in [0.25, 0.3) is 0 Å². The number of unbranched alkanes of at least 4 members (excludes halogenated alkanes) is 1. The van der Waals surface area contributed by atoms with E-state index in [2.05, 4.69) is 20.4 Å². The van der Waals surface area contributed by atoms with E-state index in [9.17, 15) is 0 Å². The molecule has 0 spiro atoms. The zero-order valence-corrected chi connectivity index (χ0v) is 8.55. The van der Waals surface area contributed by atoms with Gasteiger partial charge in [0.1, 0.15) is 0 Å². The second kappa shape index (κ2) is 4.69. The van der Waals surface area contributed by atoms with Crippen LogP contribution in [-0.2, 0) is 0 Å². The number of allylic oxidation sites excluding steroid dienone is 1. The normalized spacial score (nSPS) is 27.6. The fourth-order valence-electron chi connectivity index (χ4n) is 2.08. The molecule has 1 saturated carbocycles. The van der Waals surface area contributed by atoms with Crippen molar-refractivity contribution < 1.29 is 0 Å². The Balaban J connectivity index is 1.96. The predicted molar refractivity (Wildman–Crippen MR) is 55.1 cm³/mol. The second-order valence-electron chi connectivity index (χ2n) is 4.60. The van der Waals surface area contributed by atoms with Crippen molar-refractivity contribution in [3.05, 3.63) is 12.7 Å². The molecule has 1 aliphatic rings. The summed E-state index contributed by atoms with van der Waals surface area (Å²) in [6, 6.07) is 0. The first kappa shape index (κ1) is 9.83. The highest BCUT2D eigenvalue weighted by atomic mass is 14.4. The van der Waals surface area contributed by atoms with Crippen LogP contribution in [-0.4, -0.2) is 0 Å². The molecule has 1 rings (SSSR count). The Bertz CT molecular complexity index is 135. The maximum Gasteiger partial charge on any atom is -0.0353 e. The quantitative estimate of drug-likeness (QED) is 0.413. The number of hydrogen-bond acceptors (Lipinski definition) is 0. The highest BCUT2D eigenvalue weighted by Crippen LogP contribution is 2.46. The lowest BCUT2D eigenvalue weighted by Gasteiger charge is -2.02. The van der Waals surface area contributed by atoms with Crippen LogP contribution in [0.5, 0.6) is 0 Å². The molecule has 0 nitrogen and oxygen atoms in total. The fourth-order valence-corrected chi connectivity index (χ4v) is 2.08. The van der Waals surface area contributed by atoms with E-state index in [-0.39, 0.29) is 0 Å². The van der Waals surface area contributed by atoms with Crippen LogP contribution in [0.1, 0.15) is 46.0 Å². The van der Waals surface area contributed by atoms with Crippen molar-refractivity contribution in [2.24, 2.45) is 17.8 Å². The Labute approximate surface area is 77.1 Å². The monoisotopic (exact) mass is 166 g/mol. The molecule has 0 aliphatic heterocycles. The van der Waals surface area contributed by atoms with E-state index in [1.54, 1.807) is 0 Å². The van der Waals surface area contributed by atoms with E-state index < -0.39 is 0 Å². The van der Waals surface area contributed by atoms with E-state index in [0.29, 0.717) is 0 Å². The average molecular weight is 166 g/mol. The molecule has 2 unspecified atom stereocenters. The van der Waals surface area contributed by atoms with E-state index >= 15 is 0 Å². The van der Waals surface area contributed by atoms with Gasteiger partial charge in [0.05, 0.1) is 0 Å².